The molecule has 3 nitrogen and oxygen atoms in total. The minimum absolute atomic E-state index is 0.107. The van der Waals surface area contributed by atoms with Crippen molar-refractivity contribution in [1.82, 2.24) is 0 Å². The fourth-order valence-corrected chi connectivity index (χ4v) is 1.46. The fourth-order valence-electron chi connectivity index (χ4n) is 1.46. The van der Waals surface area contributed by atoms with Gasteiger partial charge in [-0.05, 0) is 30.7 Å². The molecule has 1 rings (SSSR count). The van der Waals surface area contributed by atoms with Gasteiger partial charge in [0.15, 0.2) is 0 Å². The van der Waals surface area contributed by atoms with Gasteiger partial charge in [-0.25, -0.2) is 0 Å². The number of hydrogen-bond acceptors (Lipinski definition) is 3. The topological polar surface area (TPSA) is 41.5 Å². The maximum absolute atomic E-state index is 12.3. The molecule has 18 heavy (non-hydrogen) atoms. The number of methoxy groups -OCH3 is 1. The predicted molar refractivity (Wildman–Crippen MR) is 62.4 cm³/mol. The molecule has 1 aromatic carbocycles. The maximum Gasteiger partial charge on any atom is 0.416 e. The summed E-state index contributed by atoms with van der Waals surface area (Å²) in [5.41, 5.74) is -0.149. The summed E-state index contributed by atoms with van der Waals surface area (Å²) in [6, 6.07) is 4.47. The van der Waals surface area contributed by atoms with Crippen molar-refractivity contribution < 1.29 is 23.0 Å². The van der Waals surface area contributed by atoms with Crippen molar-refractivity contribution >= 4 is 5.69 Å². The number of aliphatic hydroxyl groups excluding tert-OH is 1. The molecule has 0 saturated heterocycles. The van der Waals surface area contributed by atoms with Crippen LogP contribution in [0.5, 0.6) is 0 Å². The van der Waals surface area contributed by atoms with E-state index >= 15 is 0 Å². The fraction of sp³-hybridized carbons (Fsp3) is 0.500. The third kappa shape index (κ3) is 4.54. The third-order valence-corrected chi connectivity index (χ3v) is 2.47. The Labute approximate surface area is 104 Å². The van der Waals surface area contributed by atoms with Gasteiger partial charge in [0.25, 0.3) is 0 Å². The Morgan fingerprint density at radius 3 is 2.33 bits per heavy atom. The number of anilines is 1. The van der Waals surface area contributed by atoms with Gasteiger partial charge in [-0.1, -0.05) is 0 Å². The highest BCUT2D eigenvalue weighted by Gasteiger charge is 2.29. The van der Waals surface area contributed by atoms with E-state index in [4.69, 9.17) is 9.84 Å². The van der Waals surface area contributed by atoms with Crippen LogP contribution < -0.4 is 5.32 Å². The molecule has 0 amide bonds. The van der Waals surface area contributed by atoms with Crippen molar-refractivity contribution in [1.29, 1.82) is 0 Å². The first kappa shape index (κ1) is 14.8. The zero-order chi connectivity index (χ0) is 13.6. The van der Waals surface area contributed by atoms with Crippen LogP contribution in [0.4, 0.5) is 18.9 Å². The lowest BCUT2D eigenvalue weighted by Gasteiger charge is -2.17. The van der Waals surface area contributed by atoms with Crippen LogP contribution in [0, 0.1) is 0 Å². The summed E-state index contributed by atoms with van der Waals surface area (Å²) in [6.45, 7) is 0.364. The van der Waals surface area contributed by atoms with Gasteiger partial charge in [-0.15, -0.1) is 0 Å². The van der Waals surface area contributed by atoms with Gasteiger partial charge >= 0.3 is 6.18 Å². The molecule has 1 aromatic rings. The Balaban J connectivity index is 2.62. The molecule has 2 N–H and O–H groups in total. The molecule has 0 fully saturated rings. The second kappa shape index (κ2) is 6.61. The number of aliphatic hydroxyl groups is 1. The molecule has 6 heteroatoms. The van der Waals surface area contributed by atoms with Gasteiger partial charge < -0.3 is 15.2 Å². The highest BCUT2D eigenvalue weighted by atomic mass is 19.4. The first-order valence-electron chi connectivity index (χ1n) is 5.51. The molecule has 0 aliphatic rings. The SMILES string of the molecule is COCCC(CO)Nc1ccc(C(F)(F)F)cc1. The van der Waals surface area contributed by atoms with E-state index in [1.165, 1.54) is 12.1 Å². The van der Waals surface area contributed by atoms with E-state index in [0.717, 1.165) is 12.1 Å². The average Bonchev–Trinajstić information content (AvgIpc) is 2.34. The molecule has 1 atom stereocenters. The maximum atomic E-state index is 12.3. The molecule has 0 aliphatic carbocycles. The van der Waals surface area contributed by atoms with Crippen molar-refractivity contribution in [3.8, 4) is 0 Å². The van der Waals surface area contributed by atoms with Gasteiger partial charge in [0.05, 0.1) is 18.2 Å². The van der Waals surface area contributed by atoms with E-state index in [1.54, 1.807) is 7.11 Å². The second-order valence-corrected chi connectivity index (χ2v) is 3.88. The van der Waals surface area contributed by atoms with E-state index in [-0.39, 0.29) is 12.6 Å². The first-order valence-corrected chi connectivity index (χ1v) is 5.51. The minimum atomic E-state index is -4.33. The summed E-state index contributed by atoms with van der Waals surface area (Å²) in [5.74, 6) is 0. The van der Waals surface area contributed by atoms with Gasteiger partial charge in [-0.2, -0.15) is 13.2 Å². The predicted octanol–water partition coefficient (Wildman–Crippen LogP) is 2.51. The van der Waals surface area contributed by atoms with E-state index < -0.39 is 11.7 Å². The van der Waals surface area contributed by atoms with E-state index in [9.17, 15) is 13.2 Å². The van der Waals surface area contributed by atoms with Gasteiger partial charge in [-0.3, -0.25) is 0 Å². The van der Waals surface area contributed by atoms with Crippen molar-refractivity contribution in [3.05, 3.63) is 29.8 Å². The van der Waals surface area contributed by atoms with Crippen LogP contribution in [0.3, 0.4) is 0 Å². The molecule has 0 saturated carbocycles. The Morgan fingerprint density at radius 2 is 1.89 bits per heavy atom. The molecular weight excluding hydrogens is 247 g/mol. The molecule has 0 heterocycles. The Kier molecular flexibility index (Phi) is 5.43. The molecule has 0 radical (unpaired) electrons. The van der Waals surface area contributed by atoms with Crippen LogP contribution in [-0.2, 0) is 10.9 Å². The van der Waals surface area contributed by atoms with Crippen molar-refractivity contribution in [3.63, 3.8) is 0 Å². The number of rotatable bonds is 6. The van der Waals surface area contributed by atoms with E-state index in [0.29, 0.717) is 18.7 Å². The van der Waals surface area contributed by atoms with Gasteiger partial charge in [0.2, 0.25) is 0 Å². The zero-order valence-electron chi connectivity index (χ0n) is 10.00. The molecule has 0 spiro atoms. The lowest BCUT2D eigenvalue weighted by molar-refractivity contribution is -0.137. The summed E-state index contributed by atoms with van der Waals surface area (Å²) in [6.07, 6.45) is -3.75. The van der Waals surface area contributed by atoms with Gasteiger partial charge in [0.1, 0.15) is 0 Å². The Morgan fingerprint density at radius 1 is 1.28 bits per heavy atom. The van der Waals surface area contributed by atoms with Crippen LogP contribution in [0.2, 0.25) is 0 Å². The number of ether oxygens (including phenoxy) is 1. The van der Waals surface area contributed by atoms with E-state index in [2.05, 4.69) is 5.32 Å². The normalized spacial score (nSPS) is 13.4. The monoisotopic (exact) mass is 263 g/mol. The largest absolute Gasteiger partial charge is 0.416 e. The van der Waals surface area contributed by atoms with Crippen LogP contribution in [0.25, 0.3) is 0 Å². The third-order valence-electron chi connectivity index (χ3n) is 2.47. The number of benzene rings is 1. The van der Waals surface area contributed by atoms with Crippen LogP contribution in [0.1, 0.15) is 12.0 Å². The molecule has 102 valence electrons. The summed E-state index contributed by atoms with van der Waals surface area (Å²) in [4.78, 5) is 0. The molecule has 0 aromatic heterocycles. The van der Waals surface area contributed by atoms with Crippen LogP contribution >= 0.6 is 0 Å². The highest BCUT2D eigenvalue weighted by Crippen LogP contribution is 2.29. The molecular formula is C12H16F3NO2. The highest BCUT2D eigenvalue weighted by molar-refractivity contribution is 5.45. The molecule has 1 unspecified atom stereocenters. The second-order valence-electron chi connectivity index (χ2n) is 3.88. The standard InChI is InChI=1S/C12H16F3NO2/c1-18-7-6-11(8-17)16-10-4-2-9(3-5-10)12(13,14)15/h2-5,11,16-17H,6-8H2,1H3. The van der Waals surface area contributed by atoms with Crippen molar-refractivity contribution in [2.45, 2.75) is 18.6 Å². The summed E-state index contributed by atoms with van der Waals surface area (Å²) >= 11 is 0. The van der Waals surface area contributed by atoms with Crippen LogP contribution in [0.15, 0.2) is 24.3 Å². The lowest BCUT2D eigenvalue weighted by atomic mass is 10.1. The van der Waals surface area contributed by atoms with Crippen molar-refractivity contribution in [2.24, 2.45) is 0 Å². The number of hydrogen-bond donors (Lipinski definition) is 2. The first-order chi connectivity index (χ1) is 8.47. The summed E-state index contributed by atoms with van der Waals surface area (Å²) in [5, 5.41) is 12.0. The number of alkyl halides is 3. The number of halogens is 3. The Bertz CT molecular complexity index is 351. The lowest BCUT2D eigenvalue weighted by Crippen LogP contribution is -2.25. The van der Waals surface area contributed by atoms with Crippen LogP contribution in [-0.4, -0.2) is 31.5 Å². The van der Waals surface area contributed by atoms with Gasteiger partial charge in [0, 0.05) is 19.4 Å². The summed E-state index contributed by atoms with van der Waals surface area (Å²) in [7, 11) is 1.55. The average molecular weight is 263 g/mol. The smallest absolute Gasteiger partial charge is 0.394 e. The van der Waals surface area contributed by atoms with Crippen molar-refractivity contribution in [2.75, 3.05) is 25.6 Å². The van der Waals surface area contributed by atoms with E-state index in [1.807, 2.05) is 0 Å². The zero-order valence-corrected chi connectivity index (χ0v) is 10.00. The molecule has 0 bridgehead atoms. The molecule has 0 aliphatic heterocycles. The minimum Gasteiger partial charge on any atom is -0.394 e. The Hall–Kier alpha value is -1.27. The number of nitrogens with one attached hydrogen (secondary N) is 1. The summed E-state index contributed by atoms with van der Waals surface area (Å²) < 4.78 is 41.9. The quantitative estimate of drug-likeness (QED) is 0.828.